The number of para-hydroxylation sites is 1. The van der Waals surface area contributed by atoms with Crippen LogP contribution in [0.25, 0.3) is 0 Å². The first-order valence-electron chi connectivity index (χ1n) is 8.25. The Morgan fingerprint density at radius 1 is 1.08 bits per heavy atom. The van der Waals surface area contributed by atoms with Crippen molar-refractivity contribution in [1.82, 2.24) is 4.90 Å². The zero-order valence-corrected chi connectivity index (χ0v) is 15.6. The molecule has 1 aliphatic rings. The molecule has 0 unspecified atom stereocenters. The summed E-state index contributed by atoms with van der Waals surface area (Å²) in [6.45, 7) is 4.43. The van der Waals surface area contributed by atoms with Crippen molar-refractivity contribution in [2.45, 2.75) is 17.1 Å². The molecule has 25 heavy (non-hydrogen) atoms. The van der Waals surface area contributed by atoms with E-state index in [1.54, 1.807) is 12.1 Å². The Balaban J connectivity index is 1.56. The number of carbonyl (C=O) groups is 1. The summed E-state index contributed by atoms with van der Waals surface area (Å²) in [4.78, 5) is 17.6. The lowest BCUT2D eigenvalue weighted by atomic mass is 10.2. The van der Waals surface area contributed by atoms with Crippen molar-refractivity contribution in [2.24, 2.45) is 0 Å². The minimum Gasteiger partial charge on any atom is -0.366 e. The fraction of sp³-hybridized carbons (Fsp3) is 0.316. The average Bonchev–Trinajstić information content (AvgIpc) is 2.63. The van der Waals surface area contributed by atoms with E-state index in [1.165, 1.54) is 17.8 Å². The molecule has 3 rings (SSSR count). The summed E-state index contributed by atoms with van der Waals surface area (Å²) in [7, 11) is 0. The molecule has 1 saturated heterocycles. The number of rotatable bonds is 4. The highest BCUT2D eigenvalue weighted by Gasteiger charge is 2.26. The van der Waals surface area contributed by atoms with Crippen molar-refractivity contribution in [1.29, 1.82) is 0 Å². The number of hydrogen-bond acceptors (Lipinski definition) is 3. The second kappa shape index (κ2) is 8.11. The number of halogens is 2. The summed E-state index contributed by atoms with van der Waals surface area (Å²) in [5.41, 5.74) is 0.609. The third-order valence-electron chi connectivity index (χ3n) is 4.26. The number of hydrogen-bond donors (Lipinski definition) is 0. The maximum Gasteiger partial charge on any atom is 0.235 e. The van der Waals surface area contributed by atoms with Crippen molar-refractivity contribution < 1.29 is 9.18 Å². The fourth-order valence-corrected chi connectivity index (χ4v) is 3.98. The van der Waals surface area contributed by atoms with Crippen molar-refractivity contribution in [3.63, 3.8) is 0 Å². The minimum atomic E-state index is -0.214. The van der Waals surface area contributed by atoms with Gasteiger partial charge in [-0.05, 0) is 43.3 Å². The summed E-state index contributed by atoms with van der Waals surface area (Å²) >= 11 is 7.42. The SMILES string of the molecule is C[C@@H](Sc1ccc(Cl)cc1)C(=O)N1CCN(c2ccccc2F)CC1. The van der Waals surface area contributed by atoms with E-state index < -0.39 is 0 Å². The van der Waals surface area contributed by atoms with E-state index in [1.807, 2.05) is 47.1 Å². The summed E-state index contributed by atoms with van der Waals surface area (Å²) in [6, 6.07) is 14.3. The van der Waals surface area contributed by atoms with E-state index in [4.69, 9.17) is 11.6 Å². The molecule has 1 amide bonds. The van der Waals surface area contributed by atoms with Gasteiger partial charge >= 0.3 is 0 Å². The van der Waals surface area contributed by atoms with E-state index in [-0.39, 0.29) is 17.0 Å². The minimum absolute atomic E-state index is 0.119. The van der Waals surface area contributed by atoms with Gasteiger partial charge in [0, 0.05) is 36.1 Å². The number of piperazine rings is 1. The van der Waals surface area contributed by atoms with Crippen LogP contribution >= 0.6 is 23.4 Å². The van der Waals surface area contributed by atoms with Gasteiger partial charge in [0.15, 0.2) is 0 Å². The average molecular weight is 379 g/mol. The van der Waals surface area contributed by atoms with Gasteiger partial charge in [0.05, 0.1) is 10.9 Å². The first-order valence-corrected chi connectivity index (χ1v) is 9.51. The highest BCUT2D eigenvalue weighted by atomic mass is 35.5. The highest BCUT2D eigenvalue weighted by Crippen LogP contribution is 2.27. The number of nitrogens with zero attached hydrogens (tertiary/aromatic N) is 2. The van der Waals surface area contributed by atoms with Gasteiger partial charge in [0.1, 0.15) is 5.82 Å². The Kier molecular flexibility index (Phi) is 5.86. The van der Waals surface area contributed by atoms with Gasteiger partial charge < -0.3 is 9.80 Å². The van der Waals surface area contributed by atoms with Crippen LogP contribution in [0.4, 0.5) is 10.1 Å². The van der Waals surface area contributed by atoms with E-state index in [0.717, 1.165) is 4.90 Å². The van der Waals surface area contributed by atoms with E-state index in [2.05, 4.69) is 0 Å². The van der Waals surface area contributed by atoms with Crippen LogP contribution in [0.2, 0.25) is 5.02 Å². The van der Waals surface area contributed by atoms with Crippen molar-refractivity contribution >= 4 is 35.0 Å². The standard InChI is InChI=1S/C19H20ClFN2OS/c1-14(25-16-8-6-15(20)7-9-16)19(24)23-12-10-22(11-13-23)18-5-3-2-4-17(18)21/h2-9,14H,10-13H2,1H3/t14-/m1/s1. The smallest absolute Gasteiger partial charge is 0.235 e. The van der Waals surface area contributed by atoms with Crippen LogP contribution in [-0.4, -0.2) is 42.2 Å². The maximum atomic E-state index is 13.9. The van der Waals surface area contributed by atoms with Crippen LogP contribution in [0.3, 0.4) is 0 Å². The molecule has 0 radical (unpaired) electrons. The molecule has 0 bridgehead atoms. The highest BCUT2D eigenvalue weighted by molar-refractivity contribution is 8.00. The van der Waals surface area contributed by atoms with Gasteiger partial charge in [0.25, 0.3) is 0 Å². The molecule has 2 aromatic rings. The van der Waals surface area contributed by atoms with Gasteiger partial charge in [-0.15, -0.1) is 11.8 Å². The monoisotopic (exact) mass is 378 g/mol. The van der Waals surface area contributed by atoms with Crippen LogP contribution in [-0.2, 0) is 4.79 Å². The Labute approximate surface area is 156 Å². The van der Waals surface area contributed by atoms with Gasteiger partial charge in [-0.1, -0.05) is 23.7 Å². The molecular formula is C19H20ClFN2OS. The second-order valence-electron chi connectivity index (χ2n) is 5.98. The van der Waals surface area contributed by atoms with E-state index >= 15 is 0 Å². The zero-order valence-electron chi connectivity index (χ0n) is 14.0. The molecule has 0 spiro atoms. The van der Waals surface area contributed by atoms with Crippen LogP contribution < -0.4 is 4.90 Å². The van der Waals surface area contributed by atoms with Crippen LogP contribution in [0.5, 0.6) is 0 Å². The van der Waals surface area contributed by atoms with Gasteiger partial charge in [-0.25, -0.2) is 4.39 Å². The van der Waals surface area contributed by atoms with Gasteiger partial charge in [0.2, 0.25) is 5.91 Å². The Bertz CT molecular complexity index is 732. The summed E-state index contributed by atoms with van der Waals surface area (Å²) in [6.07, 6.45) is 0. The molecule has 0 aromatic heterocycles. The predicted octanol–water partition coefficient (Wildman–Crippen LogP) is 4.31. The van der Waals surface area contributed by atoms with E-state index in [9.17, 15) is 9.18 Å². The molecule has 132 valence electrons. The number of anilines is 1. The lowest BCUT2D eigenvalue weighted by Gasteiger charge is -2.37. The molecule has 1 fully saturated rings. The first-order chi connectivity index (χ1) is 12.0. The summed E-state index contributed by atoms with van der Waals surface area (Å²) < 4.78 is 13.9. The molecule has 2 aromatic carbocycles. The third-order valence-corrected chi connectivity index (χ3v) is 5.61. The normalized spacial score (nSPS) is 16.0. The van der Waals surface area contributed by atoms with Gasteiger partial charge in [-0.2, -0.15) is 0 Å². The van der Waals surface area contributed by atoms with Crippen LogP contribution in [0, 0.1) is 5.82 Å². The molecular weight excluding hydrogens is 359 g/mol. The molecule has 1 heterocycles. The molecule has 6 heteroatoms. The van der Waals surface area contributed by atoms with Crippen LogP contribution in [0.1, 0.15) is 6.92 Å². The second-order valence-corrected chi connectivity index (χ2v) is 7.83. The Morgan fingerprint density at radius 3 is 2.36 bits per heavy atom. The number of amides is 1. The number of thioether (sulfide) groups is 1. The maximum absolute atomic E-state index is 13.9. The number of benzene rings is 2. The Morgan fingerprint density at radius 2 is 1.72 bits per heavy atom. The zero-order chi connectivity index (χ0) is 17.8. The van der Waals surface area contributed by atoms with Crippen molar-refractivity contribution in [3.05, 3.63) is 59.4 Å². The molecule has 1 aliphatic heterocycles. The van der Waals surface area contributed by atoms with Gasteiger partial charge in [-0.3, -0.25) is 4.79 Å². The first kappa shape index (κ1) is 18.1. The van der Waals surface area contributed by atoms with Crippen LogP contribution in [0.15, 0.2) is 53.4 Å². The summed E-state index contributed by atoms with van der Waals surface area (Å²) in [5, 5.41) is 0.522. The Hall–Kier alpha value is -1.72. The molecule has 3 nitrogen and oxygen atoms in total. The quantitative estimate of drug-likeness (QED) is 0.741. The largest absolute Gasteiger partial charge is 0.366 e. The lowest BCUT2D eigenvalue weighted by molar-refractivity contribution is -0.130. The predicted molar refractivity (Wildman–Crippen MR) is 102 cm³/mol. The molecule has 0 saturated carbocycles. The molecule has 0 N–H and O–H groups in total. The van der Waals surface area contributed by atoms with Crippen molar-refractivity contribution in [2.75, 3.05) is 31.1 Å². The fourth-order valence-electron chi connectivity index (χ4n) is 2.90. The molecule has 0 aliphatic carbocycles. The third kappa shape index (κ3) is 4.47. The van der Waals surface area contributed by atoms with E-state index in [0.29, 0.717) is 36.9 Å². The molecule has 1 atom stereocenters. The van der Waals surface area contributed by atoms with Crippen molar-refractivity contribution in [3.8, 4) is 0 Å². The summed E-state index contributed by atoms with van der Waals surface area (Å²) in [5.74, 6) is -0.0953. The number of carbonyl (C=O) groups excluding carboxylic acids is 1. The topological polar surface area (TPSA) is 23.6 Å². The lowest BCUT2D eigenvalue weighted by Crippen LogP contribution is -2.50.